The molecule has 6 heteroatoms. The molecule has 0 radical (unpaired) electrons. The lowest BCUT2D eigenvalue weighted by Gasteiger charge is -2.36. The smallest absolute Gasteiger partial charge is 0.255 e. The minimum atomic E-state index is -0.0699. The number of hydrogen-bond donors (Lipinski definition) is 1. The van der Waals surface area contributed by atoms with Gasteiger partial charge in [-0.1, -0.05) is 26.2 Å². The van der Waals surface area contributed by atoms with Gasteiger partial charge in [-0.15, -0.1) is 0 Å². The molecule has 1 atom stereocenters. The number of carbonyl (C=O) groups is 1. The summed E-state index contributed by atoms with van der Waals surface area (Å²) in [6, 6.07) is -0.0699. The van der Waals surface area contributed by atoms with Crippen molar-refractivity contribution in [3.05, 3.63) is 27.4 Å². The maximum Gasteiger partial charge on any atom is 0.255 e. The minimum Gasteiger partial charge on any atom is -0.333 e. The lowest BCUT2D eigenvalue weighted by atomic mass is 9.88. The van der Waals surface area contributed by atoms with Crippen molar-refractivity contribution >= 4 is 5.91 Å². The molecule has 4 rings (SSSR count). The van der Waals surface area contributed by atoms with Crippen molar-refractivity contribution in [3.63, 3.8) is 0 Å². The Bertz CT molecular complexity index is 753. The van der Waals surface area contributed by atoms with Gasteiger partial charge in [0.05, 0.1) is 17.3 Å². The van der Waals surface area contributed by atoms with Crippen LogP contribution in [0.4, 0.5) is 0 Å². The summed E-state index contributed by atoms with van der Waals surface area (Å²) >= 11 is 0. The first-order valence-corrected chi connectivity index (χ1v) is 11.3. The highest BCUT2D eigenvalue weighted by atomic mass is 16.2. The molecule has 28 heavy (non-hydrogen) atoms. The molecule has 1 aromatic rings. The monoisotopic (exact) mass is 386 g/mol. The molecule has 2 fully saturated rings. The topological polar surface area (TPSA) is 69.3 Å². The molecule has 1 amide bonds. The van der Waals surface area contributed by atoms with Crippen LogP contribution in [-0.2, 0) is 17.8 Å². The van der Waals surface area contributed by atoms with Crippen molar-refractivity contribution < 1.29 is 4.79 Å². The normalized spacial score (nSPS) is 24.2. The molecule has 154 valence electrons. The Morgan fingerprint density at radius 1 is 1.11 bits per heavy atom. The van der Waals surface area contributed by atoms with Gasteiger partial charge in [-0.3, -0.25) is 14.5 Å². The molecule has 1 aliphatic carbocycles. The highest BCUT2D eigenvalue weighted by Crippen LogP contribution is 2.30. The van der Waals surface area contributed by atoms with Gasteiger partial charge in [0.15, 0.2) is 0 Å². The van der Waals surface area contributed by atoms with E-state index in [2.05, 4.69) is 9.88 Å². The number of likely N-dealkylation sites (tertiary alicyclic amines) is 1. The minimum absolute atomic E-state index is 0.00261. The molecule has 1 saturated carbocycles. The maximum atomic E-state index is 12.9. The third-order valence-electron chi connectivity index (χ3n) is 6.85. The second kappa shape index (κ2) is 8.76. The molecule has 3 heterocycles. The number of fused-ring (bicyclic) bond motifs is 1. The zero-order valence-electron chi connectivity index (χ0n) is 17.2. The van der Waals surface area contributed by atoms with Crippen molar-refractivity contribution in [1.82, 2.24) is 19.8 Å². The first kappa shape index (κ1) is 19.6. The summed E-state index contributed by atoms with van der Waals surface area (Å²) in [5, 5.41) is 0. The van der Waals surface area contributed by atoms with Gasteiger partial charge in [0.25, 0.3) is 5.56 Å². The predicted octanol–water partition coefficient (Wildman–Crippen LogP) is 3.17. The van der Waals surface area contributed by atoms with E-state index in [1.54, 1.807) is 0 Å². The second-order valence-corrected chi connectivity index (χ2v) is 8.82. The van der Waals surface area contributed by atoms with Gasteiger partial charge in [-0.2, -0.15) is 0 Å². The van der Waals surface area contributed by atoms with E-state index in [0.717, 1.165) is 69.0 Å². The summed E-state index contributed by atoms with van der Waals surface area (Å²) in [4.78, 5) is 37.5. The summed E-state index contributed by atoms with van der Waals surface area (Å²) in [6.45, 7) is 5.49. The van der Waals surface area contributed by atoms with Crippen LogP contribution in [0, 0.1) is 5.92 Å². The number of amides is 1. The van der Waals surface area contributed by atoms with E-state index in [1.165, 1.54) is 32.1 Å². The van der Waals surface area contributed by atoms with Gasteiger partial charge in [-0.25, -0.2) is 4.98 Å². The van der Waals surface area contributed by atoms with Crippen LogP contribution in [0.15, 0.2) is 4.79 Å². The van der Waals surface area contributed by atoms with Crippen LogP contribution in [0.5, 0.6) is 0 Å². The Balaban J connectivity index is 1.50. The van der Waals surface area contributed by atoms with Gasteiger partial charge >= 0.3 is 0 Å². The van der Waals surface area contributed by atoms with E-state index in [4.69, 9.17) is 4.98 Å². The van der Waals surface area contributed by atoms with Crippen molar-refractivity contribution in [2.45, 2.75) is 83.7 Å². The molecular formula is C22H34N4O2. The van der Waals surface area contributed by atoms with Gasteiger partial charge in [0, 0.05) is 39.0 Å². The predicted molar refractivity (Wildman–Crippen MR) is 109 cm³/mol. The van der Waals surface area contributed by atoms with E-state index in [1.807, 2.05) is 11.8 Å². The first-order valence-electron chi connectivity index (χ1n) is 11.3. The lowest BCUT2D eigenvalue weighted by Crippen LogP contribution is -2.42. The number of carbonyl (C=O) groups excluding carboxylic acids is 1. The Morgan fingerprint density at radius 3 is 2.68 bits per heavy atom. The number of aromatic nitrogens is 2. The highest BCUT2D eigenvalue weighted by Gasteiger charge is 2.31. The summed E-state index contributed by atoms with van der Waals surface area (Å²) in [5.74, 6) is 1.65. The Morgan fingerprint density at radius 2 is 1.89 bits per heavy atom. The Kier molecular flexibility index (Phi) is 6.14. The number of piperidine rings is 1. The zero-order valence-corrected chi connectivity index (χ0v) is 17.2. The van der Waals surface area contributed by atoms with Crippen molar-refractivity contribution in [2.24, 2.45) is 5.92 Å². The summed E-state index contributed by atoms with van der Waals surface area (Å²) < 4.78 is 0. The van der Waals surface area contributed by atoms with Crippen LogP contribution in [0.3, 0.4) is 0 Å². The van der Waals surface area contributed by atoms with E-state index < -0.39 is 0 Å². The maximum absolute atomic E-state index is 12.9. The molecule has 0 aromatic carbocycles. The van der Waals surface area contributed by atoms with E-state index in [-0.39, 0.29) is 17.5 Å². The third kappa shape index (κ3) is 4.17. The molecule has 0 spiro atoms. The summed E-state index contributed by atoms with van der Waals surface area (Å²) in [6.07, 6.45) is 11.1. The number of H-pyrrole nitrogens is 1. The van der Waals surface area contributed by atoms with Gasteiger partial charge in [0.2, 0.25) is 5.91 Å². The van der Waals surface area contributed by atoms with Crippen molar-refractivity contribution in [1.29, 1.82) is 0 Å². The fourth-order valence-electron chi connectivity index (χ4n) is 5.27. The lowest BCUT2D eigenvalue weighted by molar-refractivity contribution is -0.134. The van der Waals surface area contributed by atoms with Crippen LogP contribution in [0.1, 0.15) is 87.8 Å². The first-order chi connectivity index (χ1) is 13.7. The molecule has 1 aromatic heterocycles. The number of hydrogen-bond acceptors (Lipinski definition) is 4. The van der Waals surface area contributed by atoms with Crippen LogP contribution >= 0.6 is 0 Å². The number of nitrogens with zero attached hydrogens (tertiary/aromatic N) is 3. The molecule has 0 bridgehead atoms. The Labute approximate surface area is 167 Å². The zero-order chi connectivity index (χ0) is 19.5. The molecule has 0 unspecified atom stereocenters. The SMILES string of the molecule is CCC(=O)N1CCCC[C@@H]1c1nc2c(c(=O)[nH]1)CN(CC1CCCCC1)CC2. The molecule has 2 aliphatic heterocycles. The van der Waals surface area contributed by atoms with Crippen molar-refractivity contribution in [3.8, 4) is 0 Å². The standard InChI is InChI=1S/C22H34N4O2/c1-2-20(27)26-12-7-6-10-19(26)21-23-18-11-13-25(15-17(18)22(28)24-21)14-16-8-4-3-5-9-16/h16,19H,2-15H2,1H3,(H,23,24,28)/t19-/m1/s1. The number of aromatic amines is 1. The summed E-state index contributed by atoms with van der Waals surface area (Å²) in [5.41, 5.74) is 1.80. The van der Waals surface area contributed by atoms with Crippen LogP contribution < -0.4 is 5.56 Å². The van der Waals surface area contributed by atoms with Gasteiger partial charge in [-0.05, 0) is 38.0 Å². The number of nitrogens with one attached hydrogen (secondary N) is 1. The largest absolute Gasteiger partial charge is 0.333 e. The van der Waals surface area contributed by atoms with E-state index >= 15 is 0 Å². The van der Waals surface area contributed by atoms with Crippen LogP contribution in [0.25, 0.3) is 0 Å². The third-order valence-corrected chi connectivity index (χ3v) is 6.85. The fraction of sp³-hybridized carbons (Fsp3) is 0.773. The molecule has 6 nitrogen and oxygen atoms in total. The van der Waals surface area contributed by atoms with Gasteiger partial charge in [0.1, 0.15) is 5.82 Å². The molecular weight excluding hydrogens is 352 g/mol. The van der Waals surface area contributed by atoms with Crippen molar-refractivity contribution in [2.75, 3.05) is 19.6 Å². The molecule has 3 aliphatic rings. The van der Waals surface area contributed by atoms with E-state index in [9.17, 15) is 9.59 Å². The van der Waals surface area contributed by atoms with Crippen LogP contribution in [0.2, 0.25) is 0 Å². The quantitative estimate of drug-likeness (QED) is 0.863. The second-order valence-electron chi connectivity index (χ2n) is 8.82. The average Bonchev–Trinajstić information content (AvgIpc) is 2.74. The molecule has 1 N–H and O–H groups in total. The van der Waals surface area contributed by atoms with E-state index in [0.29, 0.717) is 12.2 Å². The molecule has 1 saturated heterocycles. The van der Waals surface area contributed by atoms with Crippen LogP contribution in [-0.4, -0.2) is 45.3 Å². The van der Waals surface area contributed by atoms with Gasteiger partial charge < -0.3 is 9.88 Å². The average molecular weight is 387 g/mol. The Hall–Kier alpha value is -1.69. The fourth-order valence-corrected chi connectivity index (χ4v) is 5.27. The summed E-state index contributed by atoms with van der Waals surface area (Å²) in [7, 11) is 0. The highest BCUT2D eigenvalue weighted by molar-refractivity contribution is 5.76. The number of rotatable bonds is 4.